The predicted octanol–water partition coefficient (Wildman–Crippen LogP) is 3.75. The molecular weight excluding hydrogens is 296 g/mol. The first-order chi connectivity index (χ1) is 8.43. The Labute approximate surface area is 116 Å². The fraction of sp³-hybridized carbons (Fsp3) is 0.500. The molecule has 0 fully saturated rings. The molecule has 3 nitrogen and oxygen atoms in total. The highest BCUT2D eigenvalue weighted by Gasteiger charge is 2.21. The molecule has 0 amide bonds. The summed E-state index contributed by atoms with van der Waals surface area (Å²) >= 11 is 3.40. The maximum absolute atomic E-state index is 11.3. The van der Waals surface area contributed by atoms with Gasteiger partial charge in [0.1, 0.15) is 5.75 Å². The van der Waals surface area contributed by atoms with E-state index in [0.717, 1.165) is 15.8 Å². The van der Waals surface area contributed by atoms with E-state index in [1.54, 1.807) is 7.11 Å². The highest BCUT2D eigenvalue weighted by molar-refractivity contribution is 9.10. The zero-order valence-electron chi connectivity index (χ0n) is 10.9. The summed E-state index contributed by atoms with van der Waals surface area (Å²) in [7, 11) is 1.60. The number of hydrogen-bond donors (Lipinski definition) is 1. The van der Waals surface area contributed by atoms with Crippen LogP contribution < -0.4 is 4.74 Å². The number of carboxylic acid groups (broad SMARTS) is 1. The molecular formula is C14H19BrO3. The molecule has 0 bridgehead atoms. The van der Waals surface area contributed by atoms with Crippen molar-refractivity contribution in [1.29, 1.82) is 0 Å². The number of carbonyl (C=O) groups is 1. The standard InChI is InChI=1S/C14H19BrO3/c1-9(2)6-11(14(16)17)7-10-8-12(15)4-5-13(10)18-3/h4-5,8-9,11H,6-7H2,1-3H3,(H,16,17). The molecule has 1 aromatic carbocycles. The van der Waals surface area contributed by atoms with Gasteiger partial charge in [-0.25, -0.2) is 0 Å². The molecule has 1 aromatic rings. The van der Waals surface area contributed by atoms with Crippen LogP contribution in [0.4, 0.5) is 0 Å². The summed E-state index contributed by atoms with van der Waals surface area (Å²) in [5.41, 5.74) is 0.930. The van der Waals surface area contributed by atoms with Gasteiger partial charge in [-0.15, -0.1) is 0 Å². The van der Waals surface area contributed by atoms with Crippen molar-refractivity contribution >= 4 is 21.9 Å². The third kappa shape index (κ3) is 4.33. The molecule has 100 valence electrons. The number of benzene rings is 1. The summed E-state index contributed by atoms with van der Waals surface area (Å²) in [4.78, 5) is 11.3. The minimum atomic E-state index is -0.745. The molecule has 1 atom stereocenters. The van der Waals surface area contributed by atoms with Gasteiger partial charge in [0.25, 0.3) is 0 Å². The first kappa shape index (κ1) is 15.0. The van der Waals surface area contributed by atoms with Crippen LogP contribution in [-0.4, -0.2) is 18.2 Å². The van der Waals surface area contributed by atoms with Crippen molar-refractivity contribution in [3.8, 4) is 5.75 Å². The summed E-state index contributed by atoms with van der Waals surface area (Å²) in [6.45, 7) is 4.07. The molecule has 0 heterocycles. The van der Waals surface area contributed by atoms with Crippen LogP contribution in [0.15, 0.2) is 22.7 Å². The van der Waals surface area contributed by atoms with Crippen LogP contribution in [0.2, 0.25) is 0 Å². The number of halogens is 1. The largest absolute Gasteiger partial charge is 0.496 e. The second-order valence-electron chi connectivity index (χ2n) is 4.83. The molecule has 0 aliphatic rings. The van der Waals surface area contributed by atoms with Crippen molar-refractivity contribution in [3.63, 3.8) is 0 Å². The van der Waals surface area contributed by atoms with Gasteiger partial charge in [0.2, 0.25) is 0 Å². The van der Waals surface area contributed by atoms with Crippen molar-refractivity contribution in [2.24, 2.45) is 11.8 Å². The fourth-order valence-corrected chi connectivity index (χ4v) is 2.42. The molecule has 0 radical (unpaired) electrons. The zero-order chi connectivity index (χ0) is 13.7. The van der Waals surface area contributed by atoms with Gasteiger partial charge in [-0.05, 0) is 42.5 Å². The van der Waals surface area contributed by atoms with E-state index in [2.05, 4.69) is 15.9 Å². The summed E-state index contributed by atoms with van der Waals surface area (Å²) in [5.74, 6) is -0.00335. The van der Waals surface area contributed by atoms with Crippen LogP contribution in [-0.2, 0) is 11.2 Å². The van der Waals surface area contributed by atoms with E-state index in [1.807, 2.05) is 32.0 Å². The average Bonchev–Trinajstić information content (AvgIpc) is 2.27. The highest BCUT2D eigenvalue weighted by atomic mass is 79.9. The smallest absolute Gasteiger partial charge is 0.306 e. The number of hydrogen-bond acceptors (Lipinski definition) is 2. The van der Waals surface area contributed by atoms with Crippen molar-refractivity contribution in [3.05, 3.63) is 28.2 Å². The molecule has 0 spiro atoms. The lowest BCUT2D eigenvalue weighted by atomic mass is 9.91. The number of rotatable bonds is 6. The summed E-state index contributed by atoms with van der Waals surface area (Å²) in [6, 6.07) is 5.67. The molecule has 0 aromatic heterocycles. The molecule has 0 aliphatic carbocycles. The van der Waals surface area contributed by atoms with E-state index in [4.69, 9.17) is 4.74 Å². The predicted molar refractivity (Wildman–Crippen MR) is 75.0 cm³/mol. The first-order valence-corrected chi connectivity index (χ1v) is 6.78. The lowest BCUT2D eigenvalue weighted by Gasteiger charge is -2.16. The van der Waals surface area contributed by atoms with Gasteiger partial charge < -0.3 is 9.84 Å². The Hall–Kier alpha value is -1.03. The minimum absolute atomic E-state index is 0.365. The van der Waals surface area contributed by atoms with E-state index < -0.39 is 5.97 Å². The Morgan fingerprint density at radius 1 is 1.44 bits per heavy atom. The van der Waals surface area contributed by atoms with Crippen molar-refractivity contribution < 1.29 is 14.6 Å². The van der Waals surface area contributed by atoms with Crippen molar-refractivity contribution in [1.82, 2.24) is 0 Å². The van der Waals surface area contributed by atoms with Gasteiger partial charge in [0.05, 0.1) is 13.0 Å². The second-order valence-corrected chi connectivity index (χ2v) is 5.74. The van der Waals surface area contributed by atoms with E-state index >= 15 is 0 Å². The highest BCUT2D eigenvalue weighted by Crippen LogP contribution is 2.27. The van der Waals surface area contributed by atoms with Crippen molar-refractivity contribution in [2.45, 2.75) is 26.7 Å². The van der Waals surface area contributed by atoms with Crippen LogP contribution >= 0.6 is 15.9 Å². The first-order valence-electron chi connectivity index (χ1n) is 5.99. The number of aliphatic carboxylic acids is 1. The number of methoxy groups -OCH3 is 1. The van der Waals surface area contributed by atoms with Crippen molar-refractivity contribution in [2.75, 3.05) is 7.11 Å². The quantitative estimate of drug-likeness (QED) is 0.870. The van der Waals surface area contributed by atoms with Gasteiger partial charge in [0, 0.05) is 4.47 Å². The Morgan fingerprint density at radius 2 is 2.11 bits per heavy atom. The maximum Gasteiger partial charge on any atom is 0.306 e. The molecule has 0 aliphatic heterocycles. The lowest BCUT2D eigenvalue weighted by molar-refractivity contribution is -0.142. The molecule has 0 saturated heterocycles. The Kier molecular flexibility index (Phi) is 5.66. The van der Waals surface area contributed by atoms with Gasteiger partial charge in [0.15, 0.2) is 0 Å². The van der Waals surface area contributed by atoms with Gasteiger partial charge in [-0.3, -0.25) is 4.79 Å². The third-order valence-corrected chi connectivity index (χ3v) is 3.31. The van der Waals surface area contributed by atoms with E-state index in [1.165, 1.54) is 0 Å². The molecule has 1 N–H and O–H groups in total. The maximum atomic E-state index is 11.3. The number of carboxylic acids is 1. The van der Waals surface area contributed by atoms with E-state index in [9.17, 15) is 9.90 Å². The average molecular weight is 315 g/mol. The van der Waals surface area contributed by atoms with E-state index in [0.29, 0.717) is 18.8 Å². The third-order valence-electron chi connectivity index (χ3n) is 2.81. The van der Waals surface area contributed by atoms with E-state index in [-0.39, 0.29) is 5.92 Å². The topological polar surface area (TPSA) is 46.5 Å². The van der Waals surface area contributed by atoms with Crippen LogP contribution in [0.3, 0.4) is 0 Å². The monoisotopic (exact) mass is 314 g/mol. The van der Waals surface area contributed by atoms with Gasteiger partial charge >= 0.3 is 5.97 Å². The number of ether oxygens (including phenoxy) is 1. The van der Waals surface area contributed by atoms with Crippen LogP contribution in [0, 0.1) is 11.8 Å². The molecule has 0 saturated carbocycles. The second kappa shape index (κ2) is 6.78. The summed E-state index contributed by atoms with van der Waals surface area (Å²) in [5, 5.41) is 9.26. The summed E-state index contributed by atoms with van der Waals surface area (Å²) < 4.78 is 6.21. The lowest BCUT2D eigenvalue weighted by Crippen LogP contribution is -2.19. The Morgan fingerprint density at radius 3 is 2.61 bits per heavy atom. The SMILES string of the molecule is COc1ccc(Br)cc1CC(CC(C)C)C(=O)O. The molecule has 1 rings (SSSR count). The Balaban J connectivity index is 2.92. The normalized spacial score (nSPS) is 12.5. The Bertz CT molecular complexity index is 416. The van der Waals surface area contributed by atoms with Gasteiger partial charge in [-0.1, -0.05) is 29.8 Å². The van der Waals surface area contributed by atoms with Crippen LogP contribution in [0.5, 0.6) is 5.75 Å². The molecule has 18 heavy (non-hydrogen) atoms. The van der Waals surface area contributed by atoms with Crippen LogP contribution in [0.1, 0.15) is 25.8 Å². The molecule has 1 unspecified atom stereocenters. The van der Waals surface area contributed by atoms with Crippen LogP contribution in [0.25, 0.3) is 0 Å². The zero-order valence-corrected chi connectivity index (χ0v) is 12.5. The van der Waals surface area contributed by atoms with Gasteiger partial charge in [-0.2, -0.15) is 0 Å². The minimum Gasteiger partial charge on any atom is -0.496 e. The fourth-order valence-electron chi connectivity index (χ4n) is 2.01. The summed E-state index contributed by atoms with van der Waals surface area (Å²) in [6.07, 6.45) is 1.17. The molecule has 4 heteroatoms.